The molecule has 1 aromatic rings. The number of hydrogen-bond acceptors (Lipinski definition) is 1. The van der Waals surface area contributed by atoms with Crippen LogP contribution in [-0.2, 0) is 10.2 Å². The lowest BCUT2D eigenvalue weighted by Gasteiger charge is -2.26. The van der Waals surface area contributed by atoms with Gasteiger partial charge in [-0.05, 0) is 36.0 Å². The molecule has 1 unspecified atom stereocenters. The number of aryl methyl sites for hydroxylation is 2. The molecule has 0 N–H and O–H groups in total. The molecule has 1 aromatic carbocycles. The van der Waals surface area contributed by atoms with Gasteiger partial charge in [0.05, 0.1) is 0 Å². The molecule has 0 aliphatic carbocycles. The van der Waals surface area contributed by atoms with Crippen molar-refractivity contribution in [2.45, 2.75) is 46.5 Å². The molecule has 0 spiro atoms. The smallest absolute Gasteiger partial charge is 0.227 e. The van der Waals surface area contributed by atoms with Crippen molar-refractivity contribution < 1.29 is 4.79 Å². The molecule has 1 amide bonds. The van der Waals surface area contributed by atoms with Crippen LogP contribution in [0.15, 0.2) is 24.8 Å². The summed E-state index contributed by atoms with van der Waals surface area (Å²) in [7, 11) is 0. The van der Waals surface area contributed by atoms with Crippen LogP contribution in [-0.4, -0.2) is 12.5 Å². The molecule has 2 rings (SSSR count). The average Bonchev–Trinajstić information content (AvgIpc) is 2.69. The molecule has 2 heteroatoms. The second kappa shape index (κ2) is 5.08. The van der Waals surface area contributed by atoms with E-state index < -0.39 is 0 Å². The van der Waals surface area contributed by atoms with Gasteiger partial charge in [0.2, 0.25) is 5.91 Å². The van der Waals surface area contributed by atoms with E-state index in [0.717, 1.165) is 12.2 Å². The standard InChI is InChI=1S/C18H25NO/c1-7-14-10-16(20)19(11-14)17-12(2)8-15(9-13(17)3)18(4,5)6/h7-9,14H,1,10-11H2,2-6H3. The van der Waals surface area contributed by atoms with Gasteiger partial charge in [-0.15, -0.1) is 6.58 Å². The van der Waals surface area contributed by atoms with E-state index in [1.807, 2.05) is 11.0 Å². The molecule has 0 bridgehead atoms. The van der Waals surface area contributed by atoms with E-state index in [4.69, 9.17) is 0 Å². The van der Waals surface area contributed by atoms with E-state index in [0.29, 0.717) is 6.42 Å². The number of anilines is 1. The number of hydrogen-bond donors (Lipinski definition) is 0. The quantitative estimate of drug-likeness (QED) is 0.740. The Hall–Kier alpha value is -1.57. The van der Waals surface area contributed by atoms with Gasteiger partial charge in [0, 0.05) is 24.6 Å². The summed E-state index contributed by atoms with van der Waals surface area (Å²) in [6, 6.07) is 4.44. The van der Waals surface area contributed by atoms with Gasteiger partial charge in [-0.25, -0.2) is 0 Å². The molecule has 1 aliphatic heterocycles. The third-order valence-electron chi connectivity index (χ3n) is 4.12. The fourth-order valence-electron chi connectivity index (χ4n) is 2.92. The Labute approximate surface area is 122 Å². The fraction of sp³-hybridized carbons (Fsp3) is 0.500. The molecule has 0 aromatic heterocycles. The minimum Gasteiger partial charge on any atom is -0.311 e. The van der Waals surface area contributed by atoms with Gasteiger partial charge < -0.3 is 4.90 Å². The zero-order valence-electron chi connectivity index (χ0n) is 13.3. The first-order valence-electron chi connectivity index (χ1n) is 7.28. The molecule has 1 atom stereocenters. The van der Waals surface area contributed by atoms with Crippen molar-refractivity contribution >= 4 is 11.6 Å². The Morgan fingerprint density at radius 2 is 1.80 bits per heavy atom. The largest absolute Gasteiger partial charge is 0.311 e. The van der Waals surface area contributed by atoms with Crippen LogP contribution in [0.3, 0.4) is 0 Å². The normalized spacial score (nSPS) is 19.6. The highest BCUT2D eigenvalue weighted by Gasteiger charge is 2.31. The first-order chi connectivity index (χ1) is 9.24. The highest BCUT2D eigenvalue weighted by atomic mass is 16.2. The van der Waals surface area contributed by atoms with Crippen molar-refractivity contribution in [2.75, 3.05) is 11.4 Å². The summed E-state index contributed by atoms with van der Waals surface area (Å²) in [6.07, 6.45) is 2.48. The average molecular weight is 271 g/mol. The molecule has 108 valence electrons. The molecule has 0 saturated carbocycles. The van der Waals surface area contributed by atoms with E-state index in [2.05, 4.69) is 53.3 Å². The van der Waals surface area contributed by atoms with Crippen molar-refractivity contribution in [1.29, 1.82) is 0 Å². The van der Waals surface area contributed by atoms with Crippen molar-refractivity contribution in [2.24, 2.45) is 5.92 Å². The lowest BCUT2D eigenvalue weighted by molar-refractivity contribution is -0.117. The van der Waals surface area contributed by atoms with E-state index in [1.165, 1.54) is 16.7 Å². The molecule has 0 radical (unpaired) electrons. The molecule has 1 fully saturated rings. The second-order valence-electron chi connectivity index (χ2n) is 6.91. The van der Waals surface area contributed by atoms with Gasteiger partial charge in [0.1, 0.15) is 0 Å². The molecular weight excluding hydrogens is 246 g/mol. The summed E-state index contributed by atoms with van der Waals surface area (Å²) in [4.78, 5) is 14.1. The van der Waals surface area contributed by atoms with Gasteiger partial charge in [-0.1, -0.05) is 39.0 Å². The third kappa shape index (κ3) is 2.65. The maximum atomic E-state index is 12.2. The maximum Gasteiger partial charge on any atom is 0.227 e. The van der Waals surface area contributed by atoms with Crippen molar-refractivity contribution in [3.63, 3.8) is 0 Å². The van der Waals surface area contributed by atoms with Crippen LogP contribution in [0.5, 0.6) is 0 Å². The molecular formula is C18H25NO. The summed E-state index contributed by atoms with van der Waals surface area (Å²) in [5.74, 6) is 0.494. The first kappa shape index (κ1) is 14.8. The Balaban J connectivity index is 2.44. The van der Waals surface area contributed by atoms with Crippen LogP contribution in [0.25, 0.3) is 0 Å². The zero-order valence-corrected chi connectivity index (χ0v) is 13.3. The lowest BCUT2D eigenvalue weighted by atomic mass is 9.84. The fourth-order valence-corrected chi connectivity index (χ4v) is 2.92. The molecule has 1 saturated heterocycles. The predicted octanol–water partition coefficient (Wildman–Crippen LogP) is 4.14. The van der Waals surface area contributed by atoms with Gasteiger partial charge in [0.15, 0.2) is 0 Å². The summed E-state index contributed by atoms with van der Waals surface area (Å²) < 4.78 is 0. The Bertz CT molecular complexity index is 528. The van der Waals surface area contributed by atoms with Crippen LogP contribution in [0.2, 0.25) is 0 Å². The van der Waals surface area contributed by atoms with Gasteiger partial charge >= 0.3 is 0 Å². The summed E-state index contributed by atoms with van der Waals surface area (Å²) in [6.45, 7) is 15.4. The summed E-state index contributed by atoms with van der Waals surface area (Å²) in [5, 5.41) is 0. The van der Waals surface area contributed by atoms with Crippen LogP contribution in [0.1, 0.15) is 43.9 Å². The topological polar surface area (TPSA) is 20.3 Å². The Morgan fingerprint density at radius 3 is 2.20 bits per heavy atom. The minimum absolute atomic E-state index is 0.132. The molecule has 2 nitrogen and oxygen atoms in total. The zero-order chi connectivity index (χ0) is 15.1. The Morgan fingerprint density at radius 1 is 1.25 bits per heavy atom. The minimum atomic E-state index is 0.132. The third-order valence-corrected chi connectivity index (χ3v) is 4.12. The number of benzene rings is 1. The summed E-state index contributed by atoms with van der Waals surface area (Å²) >= 11 is 0. The predicted molar refractivity (Wildman–Crippen MR) is 85.3 cm³/mol. The van der Waals surface area contributed by atoms with Crippen molar-refractivity contribution in [3.05, 3.63) is 41.5 Å². The number of rotatable bonds is 2. The number of carbonyl (C=O) groups excluding carboxylic acids is 1. The van der Waals surface area contributed by atoms with Gasteiger partial charge in [0.25, 0.3) is 0 Å². The van der Waals surface area contributed by atoms with E-state index in [9.17, 15) is 4.79 Å². The number of carbonyl (C=O) groups is 1. The van der Waals surface area contributed by atoms with E-state index >= 15 is 0 Å². The van der Waals surface area contributed by atoms with E-state index in [1.54, 1.807) is 0 Å². The monoisotopic (exact) mass is 271 g/mol. The number of amides is 1. The highest BCUT2D eigenvalue weighted by Crippen LogP contribution is 2.34. The van der Waals surface area contributed by atoms with Crippen LogP contribution < -0.4 is 4.90 Å². The van der Waals surface area contributed by atoms with Gasteiger partial charge in [-0.3, -0.25) is 4.79 Å². The lowest BCUT2D eigenvalue weighted by Crippen LogP contribution is -2.26. The summed E-state index contributed by atoms with van der Waals surface area (Å²) in [5.41, 5.74) is 4.92. The SMILES string of the molecule is C=CC1CC(=O)N(c2c(C)cc(C(C)(C)C)cc2C)C1. The van der Waals surface area contributed by atoms with Crippen LogP contribution in [0, 0.1) is 19.8 Å². The Kier molecular flexibility index (Phi) is 3.77. The van der Waals surface area contributed by atoms with Crippen molar-refractivity contribution in [3.8, 4) is 0 Å². The maximum absolute atomic E-state index is 12.2. The molecule has 1 heterocycles. The first-order valence-corrected chi connectivity index (χ1v) is 7.28. The van der Waals surface area contributed by atoms with E-state index in [-0.39, 0.29) is 17.2 Å². The molecule has 1 aliphatic rings. The van der Waals surface area contributed by atoms with Gasteiger partial charge in [-0.2, -0.15) is 0 Å². The highest BCUT2D eigenvalue weighted by molar-refractivity contribution is 5.97. The molecule has 20 heavy (non-hydrogen) atoms. The van der Waals surface area contributed by atoms with Crippen LogP contribution >= 0.6 is 0 Å². The second-order valence-corrected chi connectivity index (χ2v) is 6.91. The number of nitrogens with zero attached hydrogens (tertiary/aromatic N) is 1. The van der Waals surface area contributed by atoms with Crippen molar-refractivity contribution in [1.82, 2.24) is 0 Å². The van der Waals surface area contributed by atoms with Crippen LogP contribution in [0.4, 0.5) is 5.69 Å².